The molecule has 0 spiro atoms. The first-order valence-corrected chi connectivity index (χ1v) is 5.48. The van der Waals surface area contributed by atoms with Crippen molar-refractivity contribution < 1.29 is 22.6 Å². The van der Waals surface area contributed by atoms with E-state index in [2.05, 4.69) is 4.74 Å². The first-order valence-electron chi connectivity index (χ1n) is 5.48. The van der Waals surface area contributed by atoms with E-state index in [9.17, 15) is 13.2 Å². The van der Waals surface area contributed by atoms with Crippen LogP contribution < -0.4 is 9.47 Å². The molecule has 0 aliphatic heterocycles. The summed E-state index contributed by atoms with van der Waals surface area (Å²) in [6.07, 6.45) is -4.68. The molecule has 2 aromatic rings. The zero-order valence-corrected chi connectivity index (χ0v) is 10.1. The zero-order valence-electron chi connectivity index (χ0n) is 10.1. The highest BCUT2D eigenvalue weighted by molar-refractivity contribution is 5.65. The third-order valence-electron chi connectivity index (χ3n) is 2.49. The molecule has 0 aliphatic carbocycles. The number of alkyl halides is 3. The molecule has 0 atom stereocenters. The van der Waals surface area contributed by atoms with Gasteiger partial charge in [0.05, 0.1) is 7.11 Å². The van der Waals surface area contributed by atoms with Crippen molar-refractivity contribution in [3.8, 4) is 22.6 Å². The van der Waals surface area contributed by atoms with Gasteiger partial charge in [0, 0.05) is 0 Å². The van der Waals surface area contributed by atoms with E-state index in [0.29, 0.717) is 11.3 Å². The number of halogens is 3. The summed E-state index contributed by atoms with van der Waals surface area (Å²) in [5.41, 5.74) is 1.43. The maximum Gasteiger partial charge on any atom is 0.573 e. The topological polar surface area (TPSA) is 18.5 Å². The lowest BCUT2D eigenvalue weighted by molar-refractivity contribution is -0.274. The van der Waals surface area contributed by atoms with Crippen molar-refractivity contribution in [1.82, 2.24) is 0 Å². The highest BCUT2D eigenvalue weighted by Crippen LogP contribution is 2.28. The van der Waals surface area contributed by atoms with E-state index >= 15 is 0 Å². The normalized spacial score (nSPS) is 11.2. The van der Waals surface area contributed by atoms with Crippen LogP contribution in [0.15, 0.2) is 48.5 Å². The molecule has 2 rings (SSSR count). The number of methoxy groups -OCH3 is 1. The van der Waals surface area contributed by atoms with Gasteiger partial charge >= 0.3 is 6.36 Å². The molecule has 0 unspecified atom stereocenters. The Kier molecular flexibility index (Phi) is 3.64. The van der Waals surface area contributed by atoms with Gasteiger partial charge < -0.3 is 9.47 Å². The number of hydrogen-bond acceptors (Lipinski definition) is 2. The summed E-state index contributed by atoms with van der Waals surface area (Å²) in [6, 6.07) is 12.9. The summed E-state index contributed by atoms with van der Waals surface area (Å²) in [7, 11) is 1.55. The predicted octanol–water partition coefficient (Wildman–Crippen LogP) is 4.26. The fraction of sp³-hybridized carbons (Fsp3) is 0.143. The van der Waals surface area contributed by atoms with Crippen molar-refractivity contribution in [3.05, 3.63) is 48.5 Å². The average Bonchev–Trinajstić information content (AvgIpc) is 2.37. The molecule has 0 heterocycles. The van der Waals surface area contributed by atoms with Crippen molar-refractivity contribution >= 4 is 0 Å². The van der Waals surface area contributed by atoms with E-state index in [1.165, 1.54) is 18.2 Å². The molecule has 2 nitrogen and oxygen atoms in total. The number of ether oxygens (including phenoxy) is 2. The van der Waals surface area contributed by atoms with E-state index in [4.69, 9.17) is 4.74 Å². The predicted molar refractivity (Wildman–Crippen MR) is 65.1 cm³/mol. The quantitative estimate of drug-likeness (QED) is 0.828. The van der Waals surface area contributed by atoms with Gasteiger partial charge in [-0.3, -0.25) is 0 Å². The Balaban J connectivity index is 2.27. The van der Waals surface area contributed by atoms with E-state index in [0.717, 1.165) is 5.56 Å². The van der Waals surface area contributed by atoms with Crippen LogP contribution in [0.2, 0.25) is 0 Å². The minimum absolute atomic E-state index is 0.235. The van der Waals surface area contributed by atoms with Crippen LogP contribution in [-0.2, 0) is 0 Å². The molecule has 0 saturated heterocycles. The fourth-order valence-corrected chi connectivity index (χ4v) is 1.66. The van der Waals surface area contributed by atoms with Crippen molar-refractivity contribution in [2.24, 2.45) is 0 Å². The Morgan fingerprint density at radius 1 is 0.842 bits per heavy atom. The minimum Gasteiger partial charge on any atom is -0.497 e. The number of benzene rings is 2. The van der Waals surface area contributed by atoms with Crippen molar-refractivity contribution in [2.75, 3.05) is 7.11 Å². The summed E-state index contributed by atoms with van der Waals surface area (Å²) < 4.78 is 45.3. The van der Waals surface area contributed by atoms with Crippen molar-refractivity contribution in [3.63, 3.8) is 0 Å². The molecule has 0 aromatic heterocycles. The second-order valence-electron chi connectivity index (χ2n) is 3.80. The van der Waals surface area contributed by atoms with Gasteiger partial charge in [0.1, 0.15) is 11.5 Å². The first kappa shape index (κ1) is 13.3. The van der Waals surface area contributed by atoms with Crippen LogP contribution in [0.1, 0.15) is 0 Å². The van der Waals surface area contributed by atoms with Crippen LogP contribution in [0.25, 0.3) is 11.1 Å². The van der Waals surface area contributed by atoms with Gasteiger partial charge in [0.25, 0.3) is 0 Å². The van der Waals surface area contributed by atoms with Gasteiger partial charge in [-0.05, 0) is 35.4 Å². The van der Waals surface area contributed by atoms with Crippen LogP contribution >= 0.6 is 0 Å². The molecule has 0 bridgehead atoms. The second kappa shape index (κ2) is 5.22. The molecular formula is C14H11F3O2. The number of hydrogen-bond donors (Lipinski definition) is 0. The molecule has 100 valence electrons. The summed E-state index contributed by atoms with van der Waals surface area (Å²) in [5.74, 6) is 0.451. The summed E-state index contributed by atoms with van der Waals surface area (Å²) >= 11 is 0. The van der Waals surface area contributed by atoms with Crippen LogP contribution in [0, 0.1) is 0 Å². The van der Waals surface area contributed by atoms with Crippen molar-refractivity contribution in [1.29, 1.82) is 0 Å². The van der Waals surface area contributed by atoms with Gasteiger partial charge in [-0.1, -0.05) is 24.3 Å². The van der Waals surface area contributed by atoms with Crippen molar-refractivity contribution in [2.45, 2.75) is 6.36 Å². The highest BCUT2D eigenvalue weighted by Gasteiger charge is 2.31. The van der Waals surface area contributed by atoms with Crippen LogP contribution in [0.3, 0.4) is 0 Å². The SMILES string of the molecule is COc1ccc(-c2cccc(OC(F)(F)F)c2)cc1. The third-order valence-corrected chi connectivity index (χ3v) is 2.49. The lowest BCUT2D eigenvalue weighted by atomic mass is 10.1. The Bertz CT molecular complexity index is 547. The Morgan fingerprint density at radius 3 is 2.11 bits per heavy atom. The summed E-state index contributed by atoms with van der Waals surface area (Å²) in [4.78, 5) is 0. The van der Waals surface area contributed by atoms with Gasteiger partial charge in [-0.15, -0.1) is 13.2 Å². The molecular weight excluding hydrogens is 257 g/mol. The molecule has 0 N–H and O–H groups in total. The molecule has 0 radical (unpaired) electrons. The third kappa shape index (κ3) is 3.64. The molecule has 5 heteroatoms. The summed E-state index contributed by atoms with van der Waals surface area (Å²) in [5, 5.41) is 0. The second-order valence-corrected chi connectivity index (χ2v) is 3.80. The maximum atomic E-state index is 12.1. The van der Waals surface area contributed by atoms with E-state index in [-0.39, 0.29) is 5.75 Å². The Hall–Kier alpha value is -2.17. The largest absolute Gasteiger partial charge is 0.573 e. The van der Waals surface area contributed by atoms with E-state index in [1.807, 2.05) is 0 Å². The van der Waals surface area contributed by atoms with Gasteiger partial charge in [0.15, 0.2) is 0 Å². The Morgan fingerprint density at radius 2 is 1.53 bits per heavy atom. The molecule has 19 heavy (non-hydrogen) atoms. The lowest BCUT2D eigenvalue weighted by Gasteiger charge is -2.10. The van der Waals surface area contributed by atoms with Gasteiger partial charge in [-0.2, -0.15) is 0 Å². The summed E-state index contributed by atoms with van der Waals surface area (Å²) in [6.45, 7) is 0. The maximum absolute atomic E-state index is 12.1. The van der Waals surface area contributed by atoms with Crippen LogP contribution in [-0.4, -0.2) is 13.5 Å². The molecule has 2 aromatic carbocycles. The number of rotatable bonds is 3. The lowest BCUT2D eigenvalue weighted by Crippen LogP contribution is -2.17. The standard InChI is InChI=1S/C14H11F3O2/c1-18-12-7-5-10(6-8-12)11-3-2-4-13(9-11)19-14(15,16)17/h2-9H,1H3. The fourth-order valence-electron chi connectivity index (χ4n) is 1.66. The molecule has 0 amide bonds. The van der Waals surface area contributed by atoms with Crippen LogP contribution in [0.4, 0.5) is 13.2 Å². The minimum atomic E-state index is -4.68. The monoisotopic (exact) mass is 268 g/mol. The van der Waals surface area contributed by atoms with Gasteiger partial charge in [0.2, 0.25) is 0 Å². The average molecular weight is 268 g/mol. The van der Waals surface area contributed by atoms with Gasteiger partial charge in [-0.25, -0.2) is 0 Å². The highest BCUT2D eigenvalue weighted by atomic mass is 19.4. The first-order chi connectivity index (χ1) is 8.98. The van der Waals surface area contributed by atoms with E-state index < -0.39 is 6.36 Å². The molecule has 0 fully saturated rings. The van der Waals surface area contributed by atoms with E-state index in [1.54, 1.807) is 37.4 Å². The smallest absolute Gasteiger partial charge is 0.497 e. The molecule has 0 aliphatic rings. The zero-order chi connectivity index (χ0) is 13.9. The Labute approximate surface area is 108 Å². The molecule has 0 saturated carbocycles. The van der Waals surface area contributed by atoms with Crippen LogP contribution in [0.5, 0.6) is 11.5 Å².